The Hall–Kier alpha value is 0.844. The van der Waals surface area contributed by atoms with Gasteiger partial charge >= 0.3 is 0 Å². The molecule has 0 aromatic rings. The van der Waals surface area contributed by atoms with Gasteiger partial charge in [0, 0.05) is 4.07 Å². The molecule has 0 saturated carbocycles. The van der Waals surface area contributed by atoms with Crippen LogP contribution in [-0.2, 0) is 0 Å². The zero-order valence-electron chi connectivity index (χ0n) is 7.33. The molecule has 0 saturated heterocycles. The van der Waals surface area contributed by atoms with E-state index >= 15 is 0 Å². The lowest BCUT2D eigenvalue weighted by Crippen LogP contribution is -2.49. The minimum absolute atomic E-state index is 0.187. The van der Waals surface area contributed by atoms with E-state index in [9.17, 15) is 4.11 Å². The van der Waals surface area contributed by atoms with Crippen molar-refractivity contribution >= 4 is 32.4 Å². The van der Waals surface area contributed by atoms with Crippen molar-refractivity contribution in [1.29, 1.82) is 0 Å². The lowest BCUT2D eigenvalue weighted by Gasteiger charge is -2.29. The SMILES string of the molecule is C[Si](C)(C)C(Br)[Si](C)(C)F. The first-order valence-corrected chi connectivity index (χ1v) is 10.9. The summed E-state index contributed by atoms with van der Waals surface area (Å²) in [4.78, 5) is 0. The Labute approximate surface area is 73.5 Å². The summed E-state index contributed by atoms with van der Waals surface area (Å²) in [5.41, 5.74) is 0. The largest absolute Gasteiger partial charge is 0.314 e. The molecule has 1 atom stereocenters. The average Bonchev–Trinajstić information content (AvgIpc) is 1.59. The third-order valence-corrected chi connectivity index (χ3v) is 16.1. The van der Waals surface area contributed by atoms with Crippen LogP contribution in [0.2, 0.25) is 32.7 Å². The van der Waals surface area contributed by atoms with E-state index in [2.05, 4.69) is 35.6 Å². The summed E-state index contributed by atoms with van der Waals surface area (Å²) in [6, 6.07) is 0. The minimum Gasteiger partial charge on any atom is -0.314 e. The number of hydrogen-bond donors (Lipinski definition) is 0. The third kappa shape index (κ3) is 3.30. The van der Waals surface area contributed by atoms with Gasteiger partial charge in [0.25, 0.3) is 8.41 Å². The second kappa shape index (κ2) is 3.07. The van der Waals surface area contributed by atoms with E-state index in [0.717, 1.165) is 0 Å². The standard InChI is InChI=1S/C6H16BrFSi2/c1-9(2,3)6(7)10(4,5)8/h6H,1-5H3. The van der Waals surface area contributed by atoms with E-state index in [1.165, 1.54) is 0 Å². The van der Waals surface area contributed by atoms with Gasteiger partial charge in [-0.3, -0.25) is 0 Å². The number of hydrogen-bond acceptors (Lipinski definition) is 0. The molecule has 4 heteroatoms. The van der Waals surface area contributed by atoms with Gasteiger partial charge in [-0.05, 0) is 13.1 Å². The zero-order valence-corrected chi connectivity index (χ0v) is 10.9. The van der Waals surface area contributed by atoms with Crippen molar-refractivity contribution in [2.24, 2.45) is 0 Å². The van der Waals surface area contributed by atoms with Gasteiger partial charge in [-0.2, -0.15) is 0 Å². The number of halogens is 2. The number of alkyl halides is 1. The second-order valence-corrected chi connectivity index (χ2v) is 16.5. The van der Waals surface area contributed by atoms with Crippen LogP contribution in [0, 0.1) is 0 Å². The second-order valence-electron chi connectivity index (χ2n) is 4.29. The molecule has 0 aliphatic heterocycles. The highest BCUT2D eigenvalue weighted by Crippen LogP contribution is 2.26. The van der Waals surface area contributed by atoms with Gasteiger partial charge < -0.3 is 4.11 Å². The molecule has 0 spiro atoms. The molecule has 0 N–H and O–H groups in total. The molecule has 0 radical (unpaired) electrons. The number of rotatable bonds is 2. The van der Waals surface area contributed by atoms with Gasteiger partial charge in [0.15, 0.2) is 0 Å². The van der Waals surface area contributed by atoms with Gasteiger partial charge in [0.05, 0.1) is 8.07 Å². The zero-order chi connectivity index (χ0) is 8.58. The predicted octanol–water partition coefficient (Wildman–Crippen LogP) is 3.34. The van der Waals surface area contributed by atoms with Crippen molar-refractivity contribution in [2.75, 3.05) is 0 Å². The fraction of sp³-hybridized carbons (Fsp3) is 1.00. The maximum Gasteiger partial charge on any atom is 0.251 e. The Morgan fingerprint density at radius 1 is 1.10 bits per heavy atom. The monoisotopic (exact) mass is 242 g/mol. The first-order chi connectivity index (χ1) is 4.15. The average molecular weight is 243 g/mol. The van der Waals surface area contributed by atoms with Gasteiger partial charge in [-0.25, -0.2) is 0 Å². The summed E-state index contributed by atoms with van der Waals surface area (Å²) in [5, 5.41) is 0. The molecule has 0 aliphatic rings. The summed E-state index contributed by atoms with van der Waals surface area (Å²) >= 11 is 3.47. The van der Waals surface area contributed by atoms with E-state index in [-0.39, 0.29) is 4.07 Å². The van der Waals surface area contributed by atoms with E-state index in [1.807, 2.05) is 0 Å². The van der Waals surface area contributed by atoms with Crippen molar-refractivity contribution in [3.8, 4) is 0 Å². The molecule has 0 nitrogen and oxygen atoms in total. The van der Waals surface area contributed by atoms with Crippen LogP contribution >= 0.6 is 15.9 Å². The van der Waals surface area contributed by atoms with Gasteiger partial charge in [0.1, 0.15) is 0 Å². The van der Waals surface area contributed by atoms with Crippen LogP contribution in [0.25, 0.3) is 0 Å². The van der Waals surface area contributed by atoms with E-state index in [0.29, 0.717) is 0 Å². The van der Waals surface area contributed by atoms with E-state index in [1.54, 1.807) is 13.1 Å². The van der Waals surface area contributed by atoms with Crippen LogP contribution in [-0.4, -0.2) is 20.6 Å². The Bertz CT molecular complexity index is 99.9. The van der Waals surface area contributed by atoms with Crippen molar-refractivity contribution < 1.29 is 4.11 Å². The van der Waals surface area contributed by atoms with Crippen molar-refractivity contribution in [3.63, 3.8) is 0 Å². The first-order valence-electron chi connectivity index (χ1n) is 3.48. The normalized spacial score (nSPS) is 17.1. The fourth-order valence-corrected chi connectivity index (χ4v) is 9.27. The molecule has 62 valence electrons. The van der Waals surface area contributed by atoms with Gasteiger partial charge in [0.2, 0.25) is 0 Å². The molecule has 0 amide bonds. The molecule has 0 aromatic heterocycles. The van der Waals surface area contributed by atoms with E-state index < -0.39 is 16.5 Å². The van der Waals surface area contributed by atoms with Gasteiger partial charge in [-0.15, -0.1) is 0 Å². The molecule has 1 unspecified atom stereocenters. The van der Waals surface area contributed by atoms with Crippen molar-refractivity contribution in [2.45, 2.75) is 36.8 Å². The van der Waals surface area contributed by atoms with Crippen molar-refractivity contribution in [1.82, 2.24) is 0 Å². The minimum atomic E-state index is -2.42. The third-order valence-electron chi connectivity index (χ3n) is 1.36. The highest BCUT2D eigenvalue weighted by atomic mass is 79.9. The van der Waals surface area contributed by atoms with Crippen LogP contribution in [0.3, 0.4) is 0 Å². The molecule has 0 aliphatic carbocycles. The topological polar surface area (TPSA) is 0 Å². The summed E-state index contributed by atoms with van der Waals surface area (Å²) in [5.74, 6) is 0. The van der Waals surface area contributed by atoms with Crippen LogP contribution in [0.4, 0.5) is 4.11 Å². The Morgan fingerprint density at radius 3 is 1.40 bits per heavy atom. The quantitative estimate of drug-likeness (QED) is 0.396. The molecular formula is C6H16BrFSi2. The lowest BCUT2D eigenvalue weighted by atomic mass is 11.7. The molecule has 0 bridgehead atoms. The van der Waals surface area contributed by atoms with Crippen LogP contribution < -0.4 is 0 Å². The summed E-state index contributed by atoms with van der Waals surface area (Å²) < 4.78 is 13.6. The fourth-order valence-electron chi connectivity index (χ4n) is 1.03. The van der Waals surface area contributed by atoms with Crippen LogP contribution in [0.1, 0.15) is 0 Å². The Kier molecular flexibility index (Phi) is 3.33. The van der Waals surface area contributed by atoms with Crippen LogP contribution in [0.15, 0.2) is 0 Å². The Balaban J connectivity index is 4.23. The van der Waals surface area contributed by atoms with E-state index in [4.69, 9.17) is 0 Å². The molecule has 0 heterocycles. The molecule has 10 heavy (non-hydrogen) atoms. The summed E-state index contributed by atoms with van der Waals surface area (Å²) in [7, 11) is -3.71. The molecule has 0 rings (SSSR count). The molecule has 0 aromatic carbocycles. The molecular weight excluding hydrogens is 227 g/mol. The van der Waals surface area contributed by atoms with Crippen LogP contribution in [0.5, 0.6) is 0 Å². The maximum atomic E-state index is 13.4. The maximum absolute atomic E-state index is 13.4. The summed E-state index contributed by atoms with van der Waals surface area (Å²) in [6.07, 6.45) is 0. The lowest BCUT2D eigenvalue weighted by molar-refractivity contribution is 0.800. The predicted molar refractivity (Wildman–Crippen MR) is 54.7 cm³/mol. The van der Waals surface area contributed by atoms with Crippen molar-refractivity contribution in [3.05, 3.63) is 0 Å². The molecule has 0 fully saturated rings. The van der Waals surface area contributed by atoms with Gasteiger partial charge in [-0.1, -0.05) is 35.6 Å². The first kappa shape index (κ1) is 10.8. The Morgan fingerprint density at radius 2 is 1.40 bits per heavy atom. The highest BCUT2D eigenvalue weighted by molar-refractivity contribution is 9.10. The smallest absolute Gasteiger partial charge is 0.251 e. The summed E-state index contributed by atoms with van der Waals surface area (Å²) in [6.45, 7) is 10.1. The highest BCUT2D eigenvalue weighted by Gasteiger charge is 2.40.